The van der Waals surface area contributed by atoms with Crippen LogP contribution in [0, 0.1) is 13.8 Å². The lowest BCUT2D eigenvalue weighted by Gasteiger charge is -2.23. The predicted octanol–water partition coefficient (Wildman–Crippen LogP) is 4.32. The Balaban J connectivity index is 1.79. The number of benzene rings is 3. The Morgan fingerprint density at radius 1 is 0.943 bits per heavy atom. The number of methoxy groups -OCH3 is 1. The number of carbonyl (C=O) groups is 1. The van der Waals surface area contributed by atoms with E-state index in [1.165, 1.54) is 35.7 Å². The second-order valence-corrected chi connectivity index (χ2v) is 10.3. The maximum absolute atomic E-state index is 13.7. The molecule has 0 radical (unpaired) electrons. The number of nitrogens with zero attached hydrogens (tertiary/aromatic N) is 1. The van der Waals surface area contributed by atoms with Gasteiger partial charge in [-0.25, -0.2) is 13.2 Å². The van der Waals surface area contributed by atoms with Gasteiger partial charge in [0.15, 0.2) is 0 Å². The molecule has 0 atom stereocenters. The fourth-order valence-electron chi connectivity index (χ4n) is 3.94. The summed E-state index contributed by atoms with van der Waals surface area (Å²) in [5, 5.41) is 0.826. The molecular weight excluding hydrogens is 464 g/mol. The number of carbonyl (C=O) groups excluding carboxylic acids is 1. The van der Waals surface area contributed by atoms with Gasteiger partial charge in [0.1, 0.15) is 0 Å². The standard InChI is InChI=1S/C27H26N2O5S/c1-18-12-13-21-14-23(26(30)28-25(21)19(18)2)17-29(16-20-8-5-4-6-9-20)35(32,33)24-11-7-10-22(15-24)27(31)34-3/h4-15H,16-17H2,1-3H3,(H,28,30). The molecule has 0 aliphatic rings. The molecule has 0 amide bonds. The summed E-state index contributed by atoms with van der Waals surface area (Å²) in [4.78, 5) is 27.8. The molecule has 7 nitrogen and oxygen atoms in total. The number of hydrogen-bond acceptors (Lipinski definition) is 5. The van der Waals surface area contributed by atoms with E-state index >= 15 is 0 Å². The largest absolute Gasteiger partial charge is 0.465 e. The minimum absolute atomic E-state index is 0.0516. The fraction of sp³-hybridized carbons (Fsp3) is 0.185. The second-order valence-electron chi connectivity index (χ2n) is 8.37. The van der Waals surface area contributed by atoms with Gasteiger partial charge in [-0.3, -0.25) is 4.79 Å². The van der Waals surface area contributed by atoms with E-state index in [0.29, 0.717) is 5.56 Å². The van der Waals surface area contributed by atoms with Crippen LogP contribution in [-0.2, 0) is 27.8 Å². The monoisotopic (exact) mass is 490 g/mol. The number of nitrogens with one attached hydrogen (secondary N) is 1. The fourth-order valence-corrected chi connectivity index (χ4v) is 5.39. The van der Waals surface area contributed by atoms with E-state index in [1.807, 2.05) is 56.3 Å². The van der Waals surface area contributed by atoms with Crippen molar-refractivity contribution < 1.29 is 17.9 Å². The lowest BCUT2D eigenvalue weighted by atomic mass is 10.0. The van der Waals surface area contributed by atoms with Crippen molar-refractivity contribution in [3.63, 3.8) is 0 Å². The maximum Gasteiger partial charge on any atom is 0.337 e. The highest BCUT2D eigenvalue weighted by Gasteiger charge is 2.27. The molecule has 180 valence electrons. The minimum atomic E-state index is -4.07. The Morgan fingerprint density at radius 3 is 2.40 bits per heavy atom. The van der Waals surface area contributed by atoms with E-state index in [1.54, 1.807) is 6.07 Å². The van der Waals surface area contributed by atoms with Crippen LogP contribution in [0.15, 0.2) is 82.5 Å². The number of fused-ring (bicyclic) bond motifs is 1. The molecule has 0 bridgehead atoms. The summed E-state index contributed by atoms with van der Waals surface area (Å²) in [5.41, 5.74) is 3.64. The van der Waals surface area contributed by atoms with Crippen molar-refractivity contribution in [2.45, 2.75) is 31.8 Å². The molecule has 0 spiro atoms. The summed E-state index contributed by atoms with van der Waals surface area (Å²) in [7, 11) is -2.84. The normalized spacial score (nSPS) is 11.7. The molecule has 0 unspecified atom stereocenters. The third-order valence-electron chi connectivity index (χ3n) is 6.07. The number of hydrogen-bond donors (Lipinski definition) is 1. The van der Waals surface area contributed by atoms with Gasteiger partial charge in [0.2, 0.25) is 10.0 Å². The van der Waals surface area contributed by atoms with Crippen molar-refractivity contribution in [2.24, 2.45) is 0 Å². The van der Waals surface area contributed by atoms with Gasteiger partial charge in [0.05, 0.1) is 23.1 Å². The Morgan fingerprint density at radius 2 is 1.69 bits per heavy atom. The van der Waals surface area contributed by atoms with Crippen molar-refractivity contribution in [3.05, 3.63) is 111 Å². The van der Waals surface area contributed by atoms with E-state index in [4.69, 9.17) is 4.74 Å². The van der Waals surface area contributed by atoms with Crippen LogP contribution in [0.4, 0.5) is 0 Å². The van der Waals surface area contributed by atoms with Crippen molar-refractivity contribution >= 4 is 26.9 Å². The summed E-state index contributed by atoms with van der Waals surface area (Å²) in [6.07, 6.45) is 0. The van der Waals surface area contributed by atoms with E-state index in [2.05, 4.69) is 4.98 Å². The van der Waals surface area contributed by atoms with Crippen LogP contribution in [0.3, 0.4) is 0 Å². The number of aromatic amines is 1. The third kappa shape index (κ3) is 5.03. The molecule has 3 aromatic carbocycles. The van der Waals surface area contributed by atoms with Crippen LogP contribution in [0.1, 0.15) is 32.6 Å². The smallest absolute Gasteiger partial charge is 0.337 e. The molecule has 8 heteroatoms. The topological polar surface area (TPSA) is 96.5 Å². The molecule has 0 saturated heterocycles. The highest BCUT2D eigenvalue weighted by atomic mass is 32.2. The minimum Gasteiger partial charge on any atom is -0.465 e. The first-order chi connectivity index (χ1) is 16.7. The maximum atomic E-state index is 13.7. The van der Waals surface area contributed by atoms with Gasteiger partial charge in [-0.2, -0.15) is 4.31 Å². The van der Waals surface area contributed by atoms with Gasteiger partial charge >= 0.3 is 5.97 Å². The summed E-state index contributed by atoms with van der Waals surface area (Å²) in [5.74, 6) is -0.631. The average Bonchev–Trinajstić information content (AvgIpc) is 2.87. The van der Waals surface area contributed by atoms with Crippen LogP contribution in [-0.4, -0.2) is 30.8 Å². The van der Waals surface area contributed by atoms with Gasteiger partial charge < -0.3 is 9.72 Å². The lowest BCUT2D eigenvalue weighted by Crippen LogP contribution is -2.32. The summed E-state index contributed by atoms with van der Waals surface area (Å²) in [6, 6.07) is 20.5. The number of ether oxygens (including phenoxy) is 1. The highest BCUT2D eigenvalue weighted by Crippen LogP contribution is 2.24. The zero-order valence-corrected chi connectivity index (χ0v) is 20.6. The summed E-state index contributed by atoms with van der Waals surface area (Å²) >= 11 is 0. The zero-order valence-electron chi connectivity index (χ0n) is 19.7. The van der Waals surface area contributed by atoms with Crippen LogP contribution in [0.2, 0.25) is 0 Å². The Hall–Kier alpha value is -3.75. The van der Waals surface area contributed by atoms with Gasteiger partial charge in [0.25, 0.3) is 5.56 Å². The SMILES string of the molecule is COC(=O)c1cccc(S(=O)(=O)N(Cc2ccccc2)Cc2cc3ccc(C)c(C)c3[nH]c2=O)c1. The van der Waals surface area contributed by atoms with Gasteiger partial charge in [0, 0.05) is 18.7 Å². The molecule has 1 heterocycles. The molecule has 0 aliphatic heterocycles. The number of pyridine rings is 1. The molecule has 0 fully saturated rings. The van der Waals surface area contributed by atoms with Crippen LogP contribution >= 0.6 is 0 Å². The van der Waals surface area contributed by atoms with Crippen molar-refractivity contribution in [3.8, 4) is 0 Å². The van der Waals surface area contributed by atoms with Gasteiger partial charge in [-0.1, -0.05) is 48.5 Å². The first kappa shape index (κ1) is 24.4. The summed E-state index contributed by atoms with van der Waals surface area (Å²) < 4.78 is 33.5. The third-order valence-corrected chi connectivity index (χ3v) is 7.86. The average molecular weight is 491 g/mol. The molecule has 1 N–H and O–H groups in total. The first-order valence-electron chi connectivity index (χ1n) is 11.1. The van der Waals surface area contributed by atoms with E-state index < -0.39 is 16.0 Å². The first-order valence-corrected chi connectivity index (χ1v) is 12.5. The Labute approximate surface area is 204 Å². The van der Waals surface area contributed by atoms with Gasteiger partial charge in [-0.15, -0.1) is 0 Å². The Bertz CT molecular complexity index is 1560. The molecule has 0 saturated carbocycles. The lowest BCUT2D eigenvalue weighted by molar-refractivity contribution is 0.0600. The van der Waals surface area contributed by atoms with E-state index in [-0.39, 0.29) is 29.1 Å². The van der Waals surface area contributed by atoms with Crippen LogP contribution in [0.25, 0.3) is 10.9 Å². The summed E-state index contributed by atoms with van der Waals surface area (Å²) in [6.45, 7) is 3.82. The molecular formula is C27H26N2O5S. The van der Waals surface area contributed by atoms with Crippen molar-refractivity contribution in [2.75, 3.05) is 7.11 Å². The number of sulfonamides is 1. The predicted molar refractivity (Wildman–Crippen MR) is 135 cm³/mol. The number of esters is 1. The molecule has 4 aromatic rings. The number of rotatable bonds is 7. The van der Waals surface area contributed by atoms with Crippen molar-refractivity contribution in [1.82, 2.24) is 9.29 Å². The molecule has 1 aromatic heterocycles. The highest BCUT2D eigenvalue weighted by molar-refractivity contribution is 7.89. The molecule has 0 aliphatic carbocycles. The number of aryl methyl sites for hydroxylation is 2. The van der Waals surface area contributed by atoms with Crippen molar-refractivity contribution in [1.29, 1.82) is 0 Å². The quantitative estimate of drug-likeness (QED) is 0.389. The Kier molecular flexibility index (Phi) is 6.86. The number of aromatic nitrogens is 1. The number of H-pyrrole nitrogens is 1. The molecule has 4 rings (SSSR count). The van der Waals surface area contributed by atoms with E-state index in [9.17, 15) is 18.0 Å². The second kappa shape index (κ2) is 9.85. The zero-order chi connectivity index (χ0) is 25.2. The molecule has 35 heavy (non-hydrogen) atoms. The van der Waals surface area contributed by atoms with Crippen LogP contribution in [0.5, 0.6) is 0 Å². The van der Waals surface area contributed by atoms with E-state index in [0.717, 1.165) is 27.6 Å². The van der Waals surface area contributed by atoms with Crippen LogP contribution < -0.4 is 5.56 Å². The van der Waals surface area contributed by atoms with Gasteiger partial charge in [-0.05, 0) is 60.2 Å².